The fourth-order valence-electron chi connectivity index (χ4n) is 3.04. The zero-order chi connectivity index (χ0) is 14.4. The Hall–Kier alpha value is -1.53. The van der Waals surface area contributed by atoms with E-state index in [-0.39, 0.29) is 0 Å². The molecule has 0 spiro atoms. The summed E-state index contributed by atoms with van der Waals surface area (Å²) in [5, 5.41) is 8.82. The summed E-state index contributed by atoms with van der Waals surface area (Å²) >= 11 is 0. The van der Waals surface area contributed by atoms with E-state index in [2.05, 4.69) is 19.9 Å². The summed E-state index contributed by atoms with van der Waals surface area (Å²) in [6, 6.07) is 9.33. The molecule has 1 aliphatic carbocycles. The van der Waals surface area contributed by atoms with Crippen molar-refractivity contribution in [3.8, 4) is 11.8 Å². The molecule has 1 aliphatic rings. The summed E-state index contributed by atoms with van der Waals surface area (Å²) in [7, 11) is 0. The Balaban J connectivity index is 1.70. The number of hydrogen-bond acceptors (Lipinski definition) is 3. The molecule has 2 rings (SSSR count). The summed E-state index contributed by atoms with van der Waals surface area (Å²) < 4.78 is 11.5. The number of benzene rings is 1. The monoisotopic (exact) mass is 273 g/mol. The van der Waals surface area contributed by atoms with Gasteiger partial charge in [0.2, 0.25) is 0 Å². The van der Waals surface area contributed by atoms with Crippen LogP contribution in [0.25, 0.3) is 0 Å². The van der Waals surface area contributed by atoms with Crippen LogP contribution in [0.5, 0.6) is 5.75 Å². The molecule has 0 N–H and O–H groups in total. The van der Waals surface area contributed by atoms with Crippen LogP contribution in [0.3, 0.4) is 0 Å². The van der Waals surface area contributed by atoms with E-state index in [0.717, 1.165) is 30.4 Å². The van der Waals surface area contributed by atoms with Crippen molar-refractivity contribution in [1.29, 1.82) is 5.26 Å². The molecule has 1 aromatic carbocycles. The average Bonchev–Trinajstić information content (AvgIpc) is 2.43. The molecule has 2 unspecified atom stereocenters. The molecule has 1 fully saturated rings. The van der Waals surface area contributed by atoms with E-state index < -0.39 is 0 Å². The van der Waals surface area contributed by atoms with Crippen LogP contribution in [-0.4, -0.2) is 19.3 Å². The van der Waals surface area contributed by atoms with E-state index in [4.69, 9.17) is 14.7 Å². The lowest BCUT2D eigenvalue weighted by Crippen LogP contribution is -2.27. The first-order chi connectivity index (χ1) is 9.67. The van der Waals surface area contributed by atoms with Gasteiger partial charge in [-0.25, -0.2) is 0 Å². The molecule has 3 nitrogen and oxygen atoms in total. The molecular weight excluding hydrogens is 250 g/mol. The van der Waals surface area contributed by atoms with E-state index in [0.29, 0.717) is 24.9 Å². The lowest BCUT2D eigenvalue weighted by molar-refractivity contribution is -0.0107. The number of nitrogens with zero attached hydrogens (tertiary/aromatic N) is 1. The Labute approximate surface area is 121 Å². The Morgan fingerprint density at radius 2 is 1.90 bits per heavy atom. The largest absolute Gasteiger partial charge is 0.491 e. The van der Waals surface area contributed by atoms with Crippen LogP contribution in [0.15, 0.2) is 24.3 Å². The second-order valence-electron chi connectivity index (χ2n) is 5.90. The van der Waals surface area contributed by atoms with Crippen molar-refractivity contribution < 1.29 is 9.47 Å². The molecule has 0 amide bonds. The maximum Gasteiger partial charge on any atom is 0.120 e. The highest BCUT2D eigenvalue weighted by atomic mass is 16.5. The second-order valence-corrected chi connectivity index (χ2v) is 5.90. The van der Waals surface area contributed by atoms with Gasteiger partial charge in [-0.2, -0.15) is 5.26 Å². The Kier molecular flexibility index (Phi) is 5.43. The third-order valence-corrected chi connectivity index (χ3v) is 3.80. The van der Waals surface area contributed by atoms with Gasteiger partial charge in [0.05, 0.1) is 24.3 Å². The molecular formula is C17H23NO2. The third-order valence-electron chi connectivity index (χ3n) is 3.80. The van der Waals surface area contributed by atoms with Crippen molar-refractivity contribution in [3.63, 3.8) is 0 Å². The molecule has 0 aromatic heterocycles. The normalized spacial score (nSPS) is 25.9. The molecule has 1 saturated carbocycles. The standard InChI is InChI=1S/C17H23NO2/c1-13-8-14(2)10-17(9-13)20-7-6-19-16-5-3-4-15(11-16)12-18/h3-5,11,13-14,17H,6-10H2,1-2H3. The Bertz CT molecular complexity index is 456. The van der Waals surface area contributed by atoms with Gasteiger partial charge in [-0.15, -0.1) is 0 Å². The lowest BCUT2D eigenvalue weighted by atomic mass is 9.82. The van der Waals surface area contributed by atoms with E-state index in [1.165, 1.54) is 6.42 Å². The summed E-state index contributed by atoms with van der Waals surface area (Å²) in [5.41, 5.74) is 0.623. The Morgan fingerprint density at radius 3 is 2.60 bits per heavy atom. The van der Waals surface area contributed by atoms with Crippen molar-refractivity contribution in [2.45, 2.75) is 39.2 Å². The van der Waals surface area contributed by atoms with Crippen molar-refractivity contribution >= 4 is 0 Å². The molecule has 0 heterocycles. The minimum absolute atomic E-state index is 0.378. The summed E-state index contributed by atoms with van der Waals surface area (Å²) in [4.78, 5) is 0. The maximum absolute atomic E-state index is 8.82. The average molecular weight is 273 g/mol. The number of nitriles is 1. The first-order valence-corrected chi connectivity index (χ1v) is 7.42. The Morgan fingerprint density at radius 1 is 1.15 bits per heavy atom. The maximum atomic E-state index is 8.82. The van der Waals surface area contributed by atoms with Crippen molar-refractivity contribution in [2.75, 3.05) is 13.2 Å². The van der Waals surface area contributed by atoms with Crippen LogP contribution >= 0.6 is 0 Å². The number of ether oxygens (including phenoxy) is 2. The van der Waals surface area contributed by atoms with Crippen molar-refractivity contribution in [3.05, 3.63) is 29.8 Å². The van der Waals surface area contributed by atoms with E-state index in [9.17, 15) is 0 Å². The van der Waals surface area contributed by atoms with Gasteiger partial charge in [0.15, 0.2) is 0 Å². The smallest absolute Gasteiger partial charge is 0.120 e. The van der Waals surface area contributed by atoms with E-state index in [1.807, 2.05) is 12.1 Å². The molecule has 0 aliphatic heterocycles. The van der Waals surface area contributed by atoms with Crippen LogP contribution in [0, 0.1) is 23.2 Å². The first-order valence-electron chi connectivity index (χ1n) is 7.42. The minimum atomic E-state index is 0.378. The van der Waals surface area contributed by atoms with Gasteiger partial charge in [-0.1, -0.05) is 19.9 Å². The third kappa shape index (κ3) is 4.54. The van der Waals surface area contributed by atoms with Crippen LogP contribution in [0.2, 0.25) is 0 Å². The highest BCUT2D eigenvalue weighted by molar-refractivity contribution is 5.36. The second kappa shape index (κ2) is 7.31. The van der Waals surface area contributed by atoms with Gasteiger partial charge in [0.1, 0.15) is 12.4 Å². The van der Waals surface area contributed by atoms with Gasteiger partial charge in [-0.3, -0.25) is 0 Å². The fraction of sp³-hybridized carbons (Fsp3) is 0.588. The van der Waals surface area contributed by atoms with Gasteiger partial charge in [0, 0.05) is 0 Å². The lowest BCUT2D eigenvalue weighted by Gasteiger charge is -2.31. The van der Waals surface area contributed by atoms with Crippen molar-refractivity contribution in [2.24, 2.45) is 11.8 Å². The SMILES string of the molecule is CC1CC(C)CC(OCCOc2cccc(C#N)c2)C1. The van der Waals surface area contributed by atoms with Crippen LogP contribution in [0.1, 0.15) is 38.7 Å². The predicted molar refractivity (Wildman–Crippen MR) is 78.6 cm³/mol. The summed E-state index contributed by atoms with van der Waals surface area (Å²) in [5.74, 6) is 2.26. The molecule has 0 saturated heterocycles. The fourth-order valence-corrected chi connectivity index (χ4v) is 3.04. The molecule has 2 atom stereocenters. The quantitative estimate of drug-likeness (QED) is 0.767. The predicted octanol–water partition coefficient (Wildman–Crippen LogP) is 3.78. The molecule has 1 aromatic rings. The molecule has 0 radical (unpaired) electrons. The summed E-state index contributed by atoms with van der Waals surface area (Å²) in [6.45, 7) is 5.75. The first kappa shape index (κ1) is 14.9. The number of hydrogen-bond donors (Lipinski definition) is 0. The van der Waals surface area contributed by atoms with E-state index >= 15 is 0 Å². The van der Waals surface area contributed by atoms with Gasteiger partial charge in [-0.05, 0) is 49.3 Å². The highest BCUT2D eigenvalue weighted by Gasteiger charge is 2.24. The number of rotatable bonds is 5. The molecule has 108 valence electrons. The topological polar surface area (TPSA) is 42.2 Å². The van der Waals surface area contributed by atoms with Crippen LogP contribution in [0.4, 0.5) is 0 Å². The van der Waals surface area contributed by atoms with E-state index in [1.54, 1.807) is 12.1 Å². The van der Waals surface area contributed by atoms with Gasteiger partial charge < -0.3 is 9.47 Å². The van der Waals surface area contributed by atoms with Crippen LogP contribution < -0.4 is 4.74 Å². The summed E-state index contributed by atoms with van der Waals surface area (Å²) in [6.07, 6.45) is 4.02. The zero-order valence-electron chi connectivity index (χ0n) is 12.3. The molecule has 3 heteroatoms. The van der Waals surface area contributed by atoms with Gasteiger partial charge >= 0.3 is 0 Å². The molecule has 20 heavy (non-hydrogen) atoms. The highest BCUT2D eigenvalue weighted by Crippen LogP contribution is 2.30. The van der Waals surface area contributed by atoms with Crippen molar-refractivity contribution in [1.82, 2.24) is 0 Å². The zero-order valence-corrected chi connectivity index (χ0v) is 12.3. The van der Waals surface area contributed by atoms with Gasteiger partial charge in [0.25, 0.3) is 0 Å². The van der Waals surface area contributed by atoms with Crippen LogP contribution in [-0.2, 0) is 4.74 Å². The molecule has 0 bridgehead atoms. The minimum Gasteiger partial charge on any atom is -0.491 e.